The first-order valence-corrected chi connectivity index (χ1v) is 12.9. The number of nitrogens with one attached hydrogen (secondary N) is 1. The third-order valence-corrected chi connectivity index (χ3v) is 5.88. The molecule has 1 aromatic heterocycles. The van der Waals surface area contributed by atoms with Crippen LogP contribution < -0.4 is 5.32 Å². The molecule has 13 heteroatoms. The monoisotopic (exact) mass is 590 g/mol. The lowest BCUT2D eigenvalue weighted by atomic mass is 10.0. The quantitative estimate of drug-likeness (QED) is 0.211. The molecule has 0 radical (unpaired) electrons. The highest BCUT2D eigenvalue weighted by Crippen LogP contribution is 2.25. The van der Waals surface area contributed by atoms with E-state index < -0.39 is 41.9 Å². The number of benzene rings is 2. The lowest BCUT2D eigenvalue weighted by Crippen LogP contribution is -2.51. The molecule has 0 aliphatic heterocycles. The molecule has 1 heterocycles. The number of amides is 2. The molecule has 1 N–H and O–H groups in total. The highest BCUT2D eigenvalue weighted by molar-refractivity contribution is 6.31. The number of hydrogen-bond donors (Lipinski definition) is 1. The fourth-order valence-electron chi connectivity index (χ4n) is 3.58. The molecule has 1 atom stereocenters. The van der Waals surface area contributed by atoms with E-state index in [1.807, 2.05) is 0 Å². The number of rotatable bonds is 9. The van der Waals surface area contributed by atoms with Gasteiger partial charge in [-0.2, -0.15) is 0 Å². The second kappa shape index (κ2) is 12.9. The van der Waals surface area contributed by atoms with E-state index in [9.17, 15) is 14.4 Å². The molecule has 10 nitrogen and oxygen atoms in total. The number of aromatic nitrogens is 3. The molecule has 204 valence electrons. The van der Waals surface area contributed by atoms with E-state index in [4.69, 9.17) is 46.1 Å². The number of halogens is 3. The summed E-state index contributed by atoms with van der Waals surface area (Å²) in [6.45, 7) is 11.7. The Balaban J connectivity index is 1.92. The number of nitrogens with zero attached hydrogens (tertiary/aromatic N) is 5. The zero-order chi connectivity index (χ0) is 28.7. The molecule has 39 heavy (non-hydrogen) atoms. The van der Waals surface area contributed by atoms with E-state index >= 15 is 0 Å². The van der Waals surface area contributed by atoms with Gasteiger partial charge in [-0.25, -0.2) is 14.3 Å². The summed E-state index contributed by atoms with van der Waals surface area (Å²) in [5.41, 5.74) is 0.926. The standard InChI is InChI=1S/C26H25Cl3N6O4/c1-26(2,3)39-25(38)21(11-16-5-8-18(30-4)9-6-16)34(24(37)13-27)15-23(36)31-19-12-17(28)7-10-20(19)35-14-22(29)32-33-35/h5-10,12,14,21H,11,13,15H2,1-3H3,(H,31,36). The van der Waals surface area contributed by atoms with Crippen LogP contribution in [-0.4, -0.2) is 61.7 Å². The maximum absolute atomic E-state index is 13.3. The van der Waals surface area contributed by atoms with E-state index in [1.54, 1.807) is 57.2 Å². The maximum Gasteiger partial charge on any atom is 0.329 e. The Morgan fingerprint density at radius 2 is 1.85 bits per heavy atom. The van der Waals surface area contributed by atoms with Crippen molar-refractivity contribution in [3.8, 4) is 5.69 Å². The van der Waals surface area contributed by atoms with Gasteiger partial charge in [-0.05, 0) is 44.5 Å². The van der Waals surface area contributed by atoms with Crippen LogP contribution in [0, 0.1) is 6.57 Å². The lowest BCUT2D eigenvalue weighted by Gasteiger charge is -2.32. The highest BCUT2D eigenvalue weighted by Gasteiger charge is 2.34. The van der Waals surface area contributed by atoms with Crippen LogP contribution >= 0.6 is 34.8 Å². The Bertz CT molecular complexity index is 1400. The van der Waals surface area contributed by atoms with Gasteiger partial charge < -0.3 is 15.0 Å². The minimum Gasteiger partial charge on any atom is -0.458 e. The number of carbonyl (C=O) groups excluding carboxylic acids is 3. The highest BCUT2D eigenvalue weighted by atomic mass is 35.5. The minimum atomic E-state index is -1.17. The summed E-state index contributed by atoms with van der Waals surface area (Å²) in [5, 5.41) is 10.8. The predicted octanol–water partition coefficient (Wildman–Crippen LogP) is 5.08. The van der Waals surface area contributed by atoms with Gasteiger partial charge in [0.15, 0.2) is 10.8 Å². The first kappa shape index (κ1) is 29.9. The van der Waals surface area contributed by atoms with Gasteiger partial charge in [0.1, 0.15) is 24.1 Å². The summed E-state index contributed by atoms with van der Waals surface area (Å²) in [6.07, 6.45) is 1.48. The maximum atomic E-state index is 13.3. The first-order valence-electron chi connectivity index (χ1n) is 11.6. The molecular weight excluding hydrogens is 567 g/mol. The summed E-state index contributed by atoms with van der Waals surface area (Å²) in [7, 11) is 0. The Morgan fingerprint density at radius 3 is 2.41 bits per heavy atom. The molecule has 0 saturated heterocycles. The van der Waals surface area contributed by atoms with Crippen LogP contribution in [0.3, 0.4) is 0 Å². The van der Waals surface area contributed by atoms with Crippen LogP contribution in [0.2, 0.25) is 10.2 Å². The van der Waals surface area contributed by atoms with Gasteiger partial charge >= 0.3 is 5.97 Å². The summed E-state index contributed by atoms with van der Waals surface area (Å²) < 4.78 is 6.94. The van der Waals surface area contributed by atoms with Crippen molar-refractivity contribution in [2.45, 2.75) is 38.8 Å². The molecule has 0 fully saturated rings. The van der Waals surface area contributed by atoms with Crippen LogP contribution in [0.5, 0.6) is 0 Å². The van der Waals surface area contributed by atoms with Crippen molar-refractivity contribution in [2.24, 2.45) is 0 Å². The van der Waals surface area contributed by atoms with Crippen LogP contribution in [0.4, 0.5) is 11.4 Å². The molecule has 0 bridgehead atoms. The number of anilines is 1. The average Bonchev–Trinajstić information content (AvgIpc) is 3.30. The van der Waals surface area contributed by atoms with Crippen molar-refractivity contribution < 1.29 is 19.1 Å². The number of ether oxygens (including phenoxy) is 1. The van der Waals surface area contributed by atoms with Crippen molar-refractivity contribution >= 4 is 64.0 Å². The average molecular weight is 592 g/mol. The van der Waals surface area contributed by atoms with Crippen LogP contribution in [0.25, 0.3) is 10.5 Å². The number of alkyl halides is 1. The van der Waals surface area contributed by atoms with E-state index in [2.05, 4.69) is 20.5 Å². The molecule has 3 rings (SSSR count). The molecule has 1 unspecified atom stereocenters. The Hall–Kier alpha value is -3.65. The van der Waals surface area contributed by atoms with Crippen LogP contribution in [0.15, 0.2) is 48.7 Å². The number of esters is 1. The zero-order valence-electron chi connectivity index (χ0n) is 21.3. The molecule has 0 spiro atoms. The van der Waals surface area contributed by atoms with Crippen molar-refractivity contribution in [1.29, 1.82) is 0 Å². The van der Waals surface area contributed by atoms with Crippen LogP contribution in [0.1, 0.15) is 26.3 Å². The zero-order valence-corrected chi connectivity index (χ0v) is 23.6. The summed E-state index contributed by atoms with van der Waals surface area (Å²) in [5.74, 6) is -2.44. The van der Waals surface area contributed by atoms with Gasteiger partial charge in [0.25, 0.3) is 0 Å². The normalized spacial score (nSPS) is 11.8. The largest absolute Gasteiger partial charge is 0.458 e. The second-order valence-electron chi connectivity index (χ2n) is 9.38. The third kappa shape index (κ3) is 8.42. The van der Waals surface area contributed by atoms with E-state index in [-0.39, 0.29) is 17.3 Å². The molecule has 2 amide bonds. The van der Waals surface area contributed by atoms with Gasteiger partial charge in [0.2, 0.25) is 11.8 Å². The topological polar surface area (TPSA) is 111 Å². The Labute approximate surface area is 240 Å². The van der Waals surface area contributed by atoms with Gasteiger partial charge in [-0.15, -0.1) is 16.7 Å². The van der Waals surface area contributed by atoms with Crippen molar-refractivity contribution in [3.05, 3.63) is 75.8 Å². The van der Waals surface area contributed by atoms with Crippen molar-refractivity contribution in [1.82, 2.24) is 19.9 Å². The smallest absolute Gasteiger partial charge is 0.329 e. The fraction of sp³-hybridized carbons (Fsp3) is 0.308. The molecule has 2 aromatic carbocycles. The summed E-state index contributed by atoms with van der Waals surface area (Å²) in [6, 6.07) is 10.1. The Kier molecular flexibility index (Phi) is 9.92. The first-order chi connectivity index (χ1) is 18.4. The number of carbonyl (C=O) groups is 3. The summed E-state index contributed by atoms with van der Waals surface area (Å²) >= 11 is 17.9. The Morgan fingerprint density at radius 1 is 1.15 bits per heavy atom. The predicted molar refractivity (Wildman–Crippen MR) is 148 cm³/mol. The third-order valence-electron chi connectivity index (χ3n) is 5.24. The molecule has 0 saturated carbocycles. The van der Waals surface area contributed by atoms with E-state index in [0.29, 0.717) is 22.0 Å². The minimum absolute atomic E-state index is 0.0307. The van der Waals surface area contributed by atoms with E-state index in [1.165, 1.54) is 16.9 Å². The van der Waals surface area contributed by atoms with Gasteiger partial charge in [-0.1, -0.05) is 52.7 Å². The van der Waals surface area contributed by atoms with Gasteiger partial charge in [-0.3, -0.25) is 9.59 Å². The SMILES string of the molecule is [C-]#[N+]c1ccc(CC(C(=O)OC(C)(C)C)N(CC(=O)Nc2cc(Cl)ccc2-n2cc(Cl)nn2)C(=O)CCl)cc1. The lowest BCUT2D eigenvalue weighted by molar-refractivity contribution is -0.164. The molecular formula is C26H25Cl3N6O4. The fourth-order valence-corrected chi connectivity index (χ4v) is 4.03. The van der Waals surface area contributed by atoms with Crippen molar-refractivity contribution in [2.75, 3.05) is 17.7 Å². The number of hydrogen-bond acceptors (Lipinski definition) is 6. The van der Waals surface area contributed by atoms with Gasteiger partial charge in [0, 0.05) is 11.4 Å². The van der Waals surface area contributed by atoms with Gasteiger partial charge in [0.05, 0.1) is 24.1 Å². The summed E-state index contributed by atoms with van der Waals surface area (Å²) in [4.78, 5) is 43.9. The molecule has 0 aliphatic carbocycles. The second-order valence-corrected chi connectivity index (χ2v) is 10.5. The molecule has 3 aromatic rings. The van der Waals surface area contributed by atoms with Crippen LogP contribution in [-0.2, 0) is 25.5 Å². The van der Waals surface area contributed by atoms with E-state index in [0.717, 1.165) is 4.90 Å². The molecule has 0 aliphatic rings. The van der Waals surface area contributed by atoms with Crippen molar-refractivity contribution in [3.63, 3.8) is 0 Å².